The summed E-state index contributed by atoms with van der Waals surface area (Å²) in [6, 6.07) is 13.3. The summed E-state index contributed by atoms with van der Waals surface area (Å²) in [6.07, 6.45) is 0.953. The van der Waals surface area contributed by atoms with Crippen molar-refractivity contribution in [3.63, 3.8) is 0 Å². The summed E-state index contributed by atoms with van der Waals surface area (Å²) < 4.78 is 7.39. The average Bonchev–Trinajstić information content (AvgIpc) is 3.08. The predicted molar refractivity (Wildman–Crippen MR) is 108 cm³/mol. The number of aromatic nitrogens is 1. The number of carbonyl (C=O) groups is 2. The molecule has 0 saturated heterocycles. The van der Waals surface area contributed by atoms with Crippen molar-refractivity contribution >= 4 is 12.0 Å². The molecule has 0 fully saturated rings. The van der Waals surface area contributed by atoms with Gasteiger partial charge in [-0.2, -0.15) is 0 Å². The van der Waals surface area contributed by atoms with Gasteiger partial charge in [-0.25, -0.2) is 4.79 Å². The fourth-order valence-electron chi connectivity index (χ4n) is 3.94. The third-order valence-corrected chi connectivity index (χ3v) is 5.34. The molecule has 2 amide bonds. The largest absolute Gasteiger partial charge is 0.466 e. The number of nitrogens with zero attached hydrogens (tertiary/aromatic N) is 2. The minimum absolute atomic E-state index is 0.0291. The number of aryl methyl sites for hydroxylation is 1. The van der Waals surface area contributed by atoms with E-state index in [4.69, 9.17) is 4.74 Å². The number of fused-ring (bicyclic) bond motifs is 1. The zero-order chi connectivity index (χ0) is 20.1. The number of esters is 1. The SMILES string of the molecule is CCOC(=O)C[C@@H](NC(=O)N1CCn2c(C)ccc2[C@@H]1CC)c1ccccc1. The molecule has 0 radical (unpaired) electrons. The molecule has 0 bridgehead atoms. The molecule has 0 aliphatic carbocycles. The van der Waals surface area contributed by atoms with Gasteiger partial charge in [-0.3, -0.25) is 4.79 Å². The Morgan fingerprint density at radius 2 is 1.89 bits per heavy atom. The summed E-state index contributed by atoms with van der Waals surface area (Å²) in [6.45, 7) is 7.73. The standard InChI is InChI=1S/C22H29N3O3/c1-4-19-20-12-11-16(3)24(20)13-14-25(19)22(27)23-18(15-21(26)28-5-2)17-9-7-6-8-10-17/h6-12,18-19H,4-5,13-15H2,1-3H3,(H,23,27)/t18-,19+/m1/s1. The quantitative estimate of drug-likeness (QED) is 0.768. The van der Waals surface area contributed by atoms with E-state index in [1.54, 1.807) is 6.92 Å². The van der Waals surface area contributed by atoms with Gasteiger partial charge in [0.2, 0.25) is 0 Å². The molecule has 6 nitrogen and oxygen atoms in total. The van der Waals surface area contributed by atoms with E-state index >= 15 is 0 Å². The highest BCUT2D eigenvalue weighted by molar-refractivity contribution is 5.77. The molecule has 1 aliphatic rings. The van der Waals surface area contributed by atoms with Crippen molar-refractivity contribution in [1.82, 2.24) is 14.8 Å². The molecule has 1 aromatic carbocycles. The first kappa shape index (κ1) is 20.0. The van der Waals surface area contributed by atoms with Crippen molar-refractivity contribution in [3.8, 4) is 0 Å². The molecule has 150 valence electrons. The van der Waals surface area contributed by atoms with Crippen LogP contribution in [-0.4, -0.2) is 34.6 Å². The van der Waals surface area contributed by atoms with Crippen molar-refractivity contribution in [1.29, 1.82) is 0 Å². The Kier molecular flexibility index (Phi) is 6.39. The number of carbonyl (C=O) groups excluding carboxylic acids is 2. The van der Waals surface area contributed by atoms with Gasteiger partial charge in [0.1, 0.15) is 0 Å². The number of nitrogens with one attached hydrogen (secondary N) is 1. The van der Waals surface area contributed by atoms with Crippen molar-refractivity contribution in [2.75, 3.05) is 13.2 Å². The van der Waals surface area contributed by atoms with Crippen LogP contribution in [0.3, 0.4) is 0 Å². The zero-order valence-electron chi connectivity index (χ0n) is 16.9. The molecule has 1 N–H and O–H groups in total. The summed E-state index contributed by atoms with van der Waals surface area (Å²) in [5.74, 6) is -0.313. The van der Waals surface area contributed by atoms with Crippen LogP contribution < -0.4 is 5.32 Å². The Balaban J connectivity index is 1.78. The monoisotopic (exact) mass is 383 g/mol. The van der Waals surface area contributed by atoms with Gasteiger partial charge in [0, 0.05) is 24.5 Å². The number of benzene rings is 1. The van der Waals surface area contributed by atoms with E-state index in [0.29, 0.717) is 13.2 Å². The number of ether oxygens (including phenoxy) is 1. The zero-order valence-corrected chi connectivity index (χ0v) is 16.9. The molecule has 2 aromatic rings. The minimum atomic E-state index is -0.416. The molecule has 28 heavy (non-hydrogen) atoms. The van der Waals surface area contributed by atoms with Crippen LogP contribution in [0.1, 0.15) is 55.7 Å². The minimum Gasteiger partial charge on any atom is -0.466 e. The van der Waals surface area contributed by atoms with E-state index in [0.717, 1.165) is 18.5 Å². The van der Waals surface area contributed by atoms with Gasteiger partial charge in [-0.1, -0.05) is 37.3 Å². The maximum absolute atomic E-state index is 13.2. The van der Waals surface area contributed by atoms with Crippen molar-refractivity contribution in [3.05, 3.63) is 59.4 Å². The van der Waals surface area contributed by atoms with Crippen LogP contribution in [0.15, 0.2) is 42.5 Å². The number of urea groups is 1. The maximum Gasteiger partial charge on any atom is 0.318 e. The van der Waals surface area contributed by atoms with E-state index in [-0.39, 0.29) is 24.5 Å². The fraction of sp³-hybridized carbons (Fsp3) is 0.455. The lowest BCUT2D eigenvalue weighted by Gasteiger charge is -2.38. The van der Waals surface area contributed by atoms with Crippen LogP contribution in [0.5, 0.6) is 0 Å². The summed E-state index contributed by atoms with van der Waals surface area (Å²) in [5, 5.41) is 3.07. The number of hydrogen-bond acceptors (Lipinski definition) is 3. The molecule has 2 heterocycles. The van der Waals surface area contributed by atoms with E-state index in [2.05, 4.69) is 35.9 Å². The van der Waals surface area contributed by atoms with Gasteiger partial charge >= 0.3 is 12.0 Å². The normalized spacial score (nSPS) is 17.0. The second-order valence-corrected chi connectivity index (χ2v) is 7.09. The first-order chi connectivity index (χ1) is 13.5. The summed E-state index contributed by atoms with van der Waals surface area (Å²) in [4.78, 5) is 27.1. The van der Waals surface area contributed by atoms with Crippen LogP contribution in [0, 0.1) is 6.92 Å². The first-order valence-corrected chi connectivity index (χ1v) is 9.98. The predicted octanol–water partition coefficient (Wildman–Crippen LogP) is 3.97. The van der Waals surface area contributed by atoms with E-state index < -0.39 is 6.04 Å². The van der Waals surface area contributed by atoms with E-state index in [1.807, 2.05) is 35.2 Å². The van der Waals surface area contributed by atoms with E-state index in [9.17, 15) is 9.59 Å². The molecule has 2 atom stereocenters. The lowest BCUT2D eigenvalue weighted by atomic mass is 10.0. The second kappa shape index (κ2) is 8.95. The highest BCUT2D eigenvalue weighted by Crippen LogP contribution is 2.30. The summed E-state index contributed by atoms with van der Waals surface area (Å²) in [7, 11) is 0. The van der Waals surface area contributed by atoms with Crippen LogP contribution in [0.4, 0.5) is 4.79 Å². The molecule has 3 rings (SSSR count). The molecule has 6 heteroatoms. The maximum atomic E-state index is 13.2. The van der Waals surface area contributed by atoms with Crippen LogP contribution in [0.2, 0.25) is 0 Å². The highest BCUT2D eigenvalue weighted by Gasteiger charge is 2.32. The molecular weight excluding hydrogens is 354 g/mol. The smallest absolute Gasteiger partial charge is 0.318 e. The molecular formula is C22H29N3O3. The van der Waals surface area contributed by atoms with Crippen molar-refractivity contribution in [2.45, 2.75) is 52.2 Å². The Hall–Kier alpha value is -2.76. The Bertz CT molecular complexity index is 816. The topological polar surface area (TPSA) is 63.6 Å². The molecule has 1 aliphatic heterocycles. The fourth-order valence-corrected chi connectivity index (χ4v) is 3.94. The van der Waals surface area contributed by atoms with Crippen LogP contribution in [-0.2, 0) is 16.1 Å². The summed E-state index contributed by atoms with van der Waals surface area (Å²) >= 11 is 0. The van der Waals surface area contributed by atoms with Crippen LogP contribution in [0.25, 0.3) is 0 Å². The summed E-state index contributed by atoms with van der Waals surface area (Å²) in [5.41, 5.74) is 3.29. The van der Waals surface area contributed by atoms with Gasteiger partial charge in [0.05, 0.1) is 25.1 Å². The molecule has 0 unspecified atom stereocenters. The Morgan fingerprint density at radius 1 is 1.14 bits per heavy atom. The molecule has 0 saturated carbocycles. The van der Waals surface area contributed by atoms with Gasteiger partial charge in [0.25, 0.3) is 0 Å². The first-order valence-electron chi connectivity index (χ1n) is 9.98. The average molecular weight is 383 g/mol. The lowest BCUT2D eigenvalue weighted by Crippen LogP contribution is -2.48. The third-order valence-electron chi connectivity index (χ3n) is 5.34. The van der Waals surface area contributed by atoms with Crippen molar-refractivity contribution in [2.24, 2.45) is 0 Å². The Labute approximate surface area is 166 Å². The molecule has 1 aromatic heterocycles. The lowest BCUT2D eigenvalue weighted by molar-refractivity contribution is -0.143. The van der Waals surface area contributed by atoms with Gasteiger partial charge < -0.3 is 19.5 Å². The number of hydrogen-bond donors (Lipinski definition) is 1. The number of rotatable bonds is 6. The van der Waals surface area contributed by atoms with Gasteiger partial charge in [-0.05, 0) is 38.0 Å². The van der Waals surface area contributed by atoms with Crippen molar-refractivity contribution < 1.29 is 14.3 Å². The Morgan fingerprint density at radius 3 is 2.57 bits per heavy atom. The van der Waals surface area contributed by atoms with Gasteiger partial charge in [-0.15, -0.1) is 0 Å². The second-order valence-electron chi connectivity index (χ2n) is 7.09. The molecule has 0 spiro atoms. The van der Waals surface area contributed by atoms with Crippen LogP contribution >= 0.6 is 0 Å². The third kappa shape index (κ3) is 4.21. The van der Waals surface area contributed by atoms with Gasteiger partial charge in [0.15, 0.2) is 0 Å². The highest BCUT2D eigenvalue weighted by atomic mass is 16.5. The van der Waals surface area contributed by atoms with E-state index in [1.165, 1.54) is 11.4 Å². The number of amides is 2.